The molecule has 0 saturated carbocycles. The molecule has 0 atom stereocenters. The largest absolute Gasteiger partial charge is 0.338 e. The third kappa shape index (κ3) is 3.50. The second kappa shape index (κ2) is 7.79. The van der Waals surface area contributed by atoms with Gasteiger partial charge in [0, 0.05) is 18.7 Å². The second-order valence-electron chi connectivity index (χ2n) is 7.76. The van der Waals surface area contributed by atoms with E-state index < -0.39 is 0 Å². The number of aryl methyl sites for hydroxylation is 1. The predicted octanol–water partition coefficient (Wildman–Crippen LogP) is 2.76. The Kier molecular flexibility index (Phi) is 4.82. The summed E-state index contributed by atoms with van der Waals surface area (Å²) in [5, 5.41) is 4.78. The van der Waals surface area contributed by atoms with Gasteiger partial charge in [-0.3, -0.25) is 14.2 Å². The number of aromatic nitrogens is 5. The number of likely N-dealkylation sites (tertiary alicyclic amines) is 1. The highest BCUT2D eigenvalue weighted by atomic mass is 16.2. The minimum absolute atomic E-state index is 0.00398. The first kappa shape index (κ1) is 19.2. The Labute approximate surface area is 178 Å². The highest BCUT2D eigenvalue weighted by molar-refractivity contribution is 5.94. The van der Waals surface area contributed by atoms with Gasteiger partial charge in [0.1, 0.15) is 18.5 Å². The zero-order chi connectivity index (χ0) is 21.4. The van der Waals surface area contributed by atoms with Gasteiger partial charge in [0.25, 0.3) is 11.5 Å². The van der Waals surface area contributed by atoms with Gasteiger partial charge >= 0.3 is 0 Å². The van der Waals surface area contributed by atoms with Crippen LogP contribution in [0.1, 0.15) is 35.1 Å². The van der Waals surface area contributed by atoms with Crippen LogP contribution in [0, 0.1) is 6.92 Å². The predicted molar refractivity (Wildman–Crippen MR) is 116 cm³/mol. The molecule has 1 saturated heterocycles. The number of amides is 1. The van der Waals surface area contributed by atoms with Gasteiger partial charge in [-0.05, 0) is 56.2 Å². The van der Waals surface area contributed by atoms with E-state index in [-0.39, 0.29) is 17.5 Å². The van der Waals surface area contributed by atoms with Crippen molar-refractivity contribution in [3.63, 3.8) is 0 Å². The lowest BCUT2D eigenvalue weighted by atomic mass is 10.0. The molecule has 0 spiro atoms. The summed E-state index contributed by atoms with van der Waals surface area (Å²) in [6, 6.07) is 14.8. The lowest BCUT2D eigenvalue weighted by Crippen LogP contribution is -2.39. The fourth-order valence-electron chi connectivity index (χ4n) is 4.22. The van der Waals surface area contributed by atoms with Crippen molar-refractivity contribution >= 4 is 16.8 Å². The molecular formula is C23H22N6O2. The third-order valence-corrected chi connectivity index (χ3v) is 5.88. The molecule has 4 aromatic rings. The molecule has 156 valence electrons. The van der Waals surface area contributed by atoms with Crippen LogP contribution in [-0.4, -0.2) is 48.2 Å². The Hall–Kier alpha value is -3.81. The number of hydrogen-bond donors (Lipinski definition) is 0. The van der Waals surface area contributed by atoms with Crippen molar-refractivity contribution in [3.8, 4) is 5.69 Å². The molecule has 3 heterocycles. The lowest BCUT2D eigenvalue weighted by Gasteiger charge is -2.32. The fraction of sp³-hybridized carbons (Fsp3) is 0.261. The molecule has 8 heteroatoms. The average molecular weight is 414 g/mol. The van der Waals surface area contributed by atoms with E-state index in [1.54, 1.807) is 41.2 Å². The van der Waals surface area contributed by atoms with Crippen LogP contribution >= 0.6 is 0 Å². The molecule has 1 aliphatic rings. The molecule has 0 N–H and O–H groups in total. The van der Waals surface area contributed by atoms with E-state index in [1.165, 1.54) is 6.33 Å². The van der Waals surface area contributed by atoms with Crippen molar-refractivity contribution < 1.29 is 4.79 Å². The van der Waals surface area contributed by atoms with E-state index in [0.717, 1.165) is 12.8 Å². The summed E-state index contributed by atoms with van der Waals surface area (Å²) in [5.74, 6) is 0.613. The molecule has 0 bridgehead atoms. The SMILES string of the molecule is Cc1nc2ccccc2c(=O)n1-c1ccc(C(=O)N2CCC(n3cncn3)CC2)cc1. The summed E-state index contributed by atoms with van der Waals surface area (Å²) in [6.07, 6.45) is 4.97. The molecule has 2 aromatic heterocycles. The van der Waals surface area contributed by atoms with Gasteiger partial charge in [0.2, 0.25) is 0 Å². The summed E-state index contributed by atoms with van der Waals surface area (Å²) >= 11 is 0. The summed E-state index contributed by atoms with van der Waals surface area (Å²) in [4.78, 5) is 36.4. The summed E-state index contributed by atoms with van der Waals surface area (Å²) in [5.41, 5.74) is 1.88. The average Bonchev–Trinajstić information content (AvgIpc) is 3.34. The van der Waals surface area contributed by atoms with Crippen LogP contribution in [0.25, 0.3) is 16.6 Å². The van der Waals surface area contributed by atoms with E-state index in [2.05, 4.69) is 15.1 Å². The molecule has 1 fully saturated rings. The number of nitrogens with zero attached hydrogens (tertiary/aromatic N) is 6. The minimum atomic E-state index is -0.114. The van der Waals surface area contributed by atoms with Crippen molar-refractivity contribution in [1.82, 2.24) is 29.2 Å². The van der Waals surface area contributed by atoms with Crippen LogP contribution in [0.3, 0.4) is 0 Å². The number of hydrogen-bond acceptors (Lipinski definition) is 5. The topological polar surface area (TPSA) is 85.9 Å². The molecule has 0 unspecified atom stereocenters. The molecular weight excluding hydrogens is 392 g/mol. The van der Waals surface area contributed by atoms with Crippen molar-refractivity contribution in [2.75, 3.05) is 13.1 Å². The molecule has 8 nitrogen and oxygen atoms in total. The fourth-order valence-corrected chi connectivity index (χ4v) is 4.22. The second-order valence-corrected chi connectivity index (χ2v) is 7.76. The van der Waals surface area contributed by atoms with Gasteiger partial charge in [-0.2, -0.15) is 5.10 Å². The number of carbonyl (C=O) groups is 1. The maximum atomic E-state index is 13.0. The molecule has 2 aromatic carbocycles. The zero-order valence-corrected chi connectivity index (χ0v) is 17.2. The number of piperidine rings is 1. The first-order chi connectivity index (χ1) is 15.1. The summed E-state index contributed by atoms with van der Waals surface area (Å²) < 4.78 is 3.45. The zero-order valence-electron chi connectivity index (χ0n) is 17.2. The molecule has 0 radical (unpaired) electrons. The first-order valence-corrected chi connectivity index (χ1v) is 10.3. The highest BCUT2D eigenvalue weighted by Crippen LogP contribution is 2.23. The molecule has 1 amide bonds. The maximum Gasteiger partial charge on any atom is 0.265 e. The van der Waals surface area contributed by atoms with Crippen molar-refractivity contribution in [3.05, 3.63) is 82.9 Å². The van der Waals surface area contributed by atoms with E-state index in [0.29, 0.717) is 41.1 Å². The monoisotopic (exact) mass is 414 g/mol. The normalized spacial score (nSPS) is 14.8. The number of benzene rings is 2. The Bertz CT molecular complexity index is 1290. The van der Waals surface area contributed by atoms with Crippen LogP contribution in [0.4, 0.5) is 0 Å². The van der Waals surface area contributed by atoms with Gasteiger partial charge in [-0.1, -0.05) is 12.1 Å². The van der Waals surface area contributed by atoms with Crippen LogP contribution in [-0.2, 0) is 0 Å². The smallest absolute Gasteiger partial charge is 0.265 e. The quantitative estimate of drug-likeness (QED) is 0.515. The van der Waals surface area contributed by atoms with Gasteiger partial charge in [-0.25, -0.2) is 14.6 Å². The molecule has 1 aliphatic heterocycles. The van der Waals surface area contributed by atoms with E-state index in [4.69, 9.17) is 0 Å². The minimum Gasteiger partial charge on any atom is -0.338 e. The Morgan fingerprint density at radius 2 is 1.77 bits per heavy atom. The van der Waals surface area contributed by atoms with Crippen LogP contribution in [0.2, 0.25) is 0 Å². The van der Waals surface area contributed by atoms with Crippen LogP contribution < -0.4 is 5.56 Å². The van der Waals surface area contributed by atoms with Crippen molar-refractivity contribution in [2.24, 2.45) is 0 Å². The van der Waals surface area contributed by atoms with Gasteiger partial charge < -0.3 is 4.90 Å². The van der Waals surface area contributed by atoms with Crippen molar-refractivity contribution in [2.45, 2.75) is 25.8 Å². The maximum absolute atomic E-state index is 13.0. The Morgan fingerprint density at radius 1 is 1.03 bits per heavy atom. The van der Waals surface area contributed by atoms with E-state index in [9.17, 15) is 9.59 Å². The lowest BCUT2D eigenvalue weighted by molar-refractivity contribution is 0.0690. The van der Waals surface area contributed by atoms with Crippen LogP contribution in [0.5, 0.6) is 0 Å². The number of fused-ring (bicyclic) bond motifs is 1. The number of rotatable bonds is 3. The first-order valence-electron chi connectivity index (χ1n) is 10.3. The summed E-state index contributed by atoms with van der Waals surface area (Å²) in [7, 11) is 0. The van der Waals surface area contributed by atoms with Crippen LogP contribution in [0.15, 0.2) is 66.0 Å². The molecule has 31 heavy (non-hydrogen) atoms. The highest BCUT2D eigenvalue weighted by Gasteiger charge is 2.25. The summed E-state index contributed by atoms with van der Waals surface area (Å²) in [6.45, 7) is 3.17. The standard InChI is InChI=1S/C23H22N6O2/c1-16-26-21-5-3-2-4-20(21)23(31)29(16)19-8-6-17(7-9-19)22(30)27-12-10-18(11-13-27)28-15-24-14-25-28/h2-9,14-15,18H,10-13H2,1H3. The van der Waals surface area contributed by atoms with Gasteiger partial charge in [-0.15, -0.1) is 0 Å². The third-order valence-electron chi connectivity index (χ3n) is 5.88. The van der Waals surface area contributed by atoms with Gasteiger partial charge in [0.05, 0.1) is 22.6 Å². The van der Waals surface area contributed by atoms with Gasteiger partial charge in [0.15, 0.2) is 0 Å². The van der Waals surface area contributed by atoms with Crippen molar-refractivity contribution in [1.29, 1.82) is 0 Å². The number of para-hydroxylation sites is 1. The Morgan fingerprint density at radius 3 is 2.48 bits per heavy atom. The van der Waals surface area contributed by atoms with E-state index in [1.807, 2.05) is 34.7 Å². The van der Waals surface area contributed by atoms with E-state index >= 15 is 0 Å². The number of carbonyl (C=O) groups excluding carboxylic acids is 1. The molecule has 5 rings (SSSR count). The Balaban J connectivity index is 1.35. The molecule has 0 aliphatic carbocycles.